The lowest BCUT2D eigenvalue weighted by atomic mass is 10.2. The molecule has 1 rings (SSSR count). The highest BCUT2D eigenvalue weighted by atomic mass is 16.3. The number of aliphatic hydroxyl groups excluding tert-OH is 1. The van der Waals surface area contributed by atoms with Gasteiger partial charge in [-0.15, -0.1) is 0 Å². The highest BCUT2D eigenvalue weighted by Gasteiger charge is 1.94. The van der Waals surface area contributed by atoms with Gasteiger partial charge in [0, 0.05) is 5.57 Å². The first-order chi connectivity index (χ1) is 4.83. The second-order valence-corrected chi connectivity index (χ2v) is 2.03. The van der Waals surface area contributed by atoms with Crippen LogP contribution in [0.5, 0.6) is 0 Å². The lowest BCUT2D eigenvalue weighted by Crippen LogP contribution is -1.79. The molecule has 0 saturated carbocycles. The quantitative estimate of drug-likeness (QED) is 0.555. The Morgan fingerprint density at radius 3 is 3.10 bits per heavy atom. The summed E-state index contributed by atoms with van der Waals surface area (Å²) in [6.45, 7) is 0. The van der Waals surface area contributed by atoms with Crippen LogP contribution < -0.4 is 0 Å². The van der Waals surface area contributed by atoms with Crippen molar-refractivity contribution in [1.29, 1.82) is 0 Å². The van der Waals surface area contributed by atoms with Crippen molar-refractivity contribution in [3.63, 3.8) is 0 Å². The van der Waals surface area contributed by atoms with Gasteiger partial charge in [-0.25, -0.2) is 0 Å². The van der Waals surface area contributed by atoms with Gasteiger partial charge in [-0.05, 0) is 18.6 Å². The maximum atomic E-state index is 10.2. The number of hydrogen-bond donors (Lipinski definition) is 1. The van der Waals surface area contributed by atoms with Crippen LogP contribution in [0.1, 0.15) is 6.42 Å². The van der Waals surface area contributed by atoms with Gasteiger partial charge in [-0.3, -0.25) is 4.79 Å². The van der Waals surface area contributed by atoms with Crippen LogP contribution in [0.25, 0.3) is 0 Å². The summed E-state index contributed by atoms with van der Waals surface area (Å²) in [5, 5.41) is 8.98. The van der Waals surface area contributed by atoms with Crippen molar-refractivity contribution in [3.05, 3.63) is 35.6 Å². The molecular formula is C8H8O2. The van der Waals surface area contributed by atoms with Crippen LogP contribution in [-0.2, 0) is 4.79 Å². The van der Waals surface area contributed by atoms with E-state index in [-0.39, 0.29) is 5.76 Å². The SMILES string of the molecule is O=CC1=CC(O)=CCC=C1. The average Bonchev–Trinajstić information content (AvgIpc) is 2.13. The van der Waals surface area contributed by atoms with Crippen molar-refractivity contribution in [2.24, 2.45) is 0 Å². The minimum Gasteiger partial charge on any atom is -0.508 e. The van der Waals surface area contributed by atoms with E-state index in [1.54, 1.807) is 12.2 Å². The van der Waals surface area contributed by atoms with Crippen molar-refractivity contribution in [2.75, 3.05) is 0 Å². The van der Waals surface area contributed by atoms with Crippen LogP contribution >= 0.6 is 0 Å². The molecule has 2 heteroatoms. The van der Waals surface area contributed by atoms with Crippen molar-refractivity contribution < 1.29 is 9.90 Å². The largest absolute Gasteiger partial charge is 0.508 e. The Morgan fingerprint density at radius 1 is 1.60 bits per heavy atom. The third-order valence-electron chi connectivity index (χ3n) is 1.22. The predicted octanol–water partition coefficient (Wildman–Crippen LogP) is 1.51. The standard InChI is InChI=1S/C8H8O2/c9-6-7-3-1-2-4-8(10)5-7/h1,3-6,10H,2H2. The van der Waals surface area contributed by atoms with Crippen LogP contribution in [0.15, 0.2) is 35.6 Å². The molecule has 0 aromatic heterocycles. The molecule has 0 aromatic rings. The van der Waals surface area contributed by atoms with Gasteiger partial charge in [0.1, 0.15) is 12.0 Å². The molecule has 2 nitrogen and oxygen atoms in total. The molecule has 1 aliphatic carbocycles. The number of rotatable bonds is 1. The van der Waals surface area contributed by atoms with E-state index in [2.05, 4.69) is 0 Å². The van der Waals surface area contributed by atoms with Crippen molar-refractivity contribution in [2.45, 2.75) is 6.42 Å². The Labute approximate surface area is 59.2 Å². The molecule has 0 amide bonds. The Hall–Kier alpha value is -1.31. The fourth-order valence-electron chi connectivity index (χ4n) is 0.744. The molecule has 0 heterocycles. The Kier molecular flexibility index (Phi) is 2.05. The van der Waals surface area contributed by atoms with Crippen LogP contribution in [0.3, 0.4) is 0 Å². The van der Waals surface area contributed by atoms with Gasteiger partial charge in [0.2, 0.25) is 0 Å². The number of carbonyl (C=O) groups excluding carboxylic acids is 1. The van der Waals surface area contributed by atoms with Crippen LogP contribution in [0.2, 0.25) is 0 Å². The molecule has 0 spiro atoms. The molecule has 0 saturated heterocycles. The highest BCUT2D eigenvalue weighted by molar-refractivity contribution is 5.78. The zero-order valence-corrected chi connectivity index (χ0v) is 5.45. The monoisotopic (exact) mass is 136 g/mol. The van der Waals surface area contributed by atoms with Gasteiger partial charge in [-0.2, -0.15) is 0 Å². The minimum atomic E-state index is 0.159. The van der Waals surface area contributed by atoms with Crippen molar-refractivity contribution >= 4 is 6.29 Å². The smallest absolute Gasteiger partial charge is 0.150 e. The maximum Gasteiger partial charge on any atom is 0.150 e. The molecule has 1 aliphatic rings. The van der Waals surface area contributed by atoms with E-state index in [0.717, 1.165) is 0 Å². The first-order valence-electron chi connectivity index (χ1n) is 3.05. The Balaban J connectivity index is 2.88. The number of aldehydes is 1. The molecule has 0 bridgehead atoms. The molecule has 52 valence electrons. The summed E-state index contributed by atoms with van der Waals surface area (Å²) in [5.41, 5.74) is 0.506. The van der Waals surface area contributed by atoms with E-state index in [1.807, 2.05) is 6.08 Å². The lowest BCUT2D eigenvalue weighted by Gasteiger charge is -1.86. The molecule has 10 heavy (non-hydrogen) atoms. The molecule has 0 aromatic carbocycles. The molecule has 0 aliphatic heterocycles. The topological polar surface area (TPSA) is 37.3 Å². The first kappa shape index (κ1) is 6.81. The molecule has 1 N–H and O–H groups in total. The summed E-state index contributed by atoms with van der Waals surface area (Å²) in [4.78, 5) is 10.2. The van der Waals surface area contributed by atoms with Crippen LogP contribution in [-0.4, -0.2) is 11.4 Å². The van der Waals surface area contributed by atoms with Crippen molar-refractivity contribution in [3.8, 4) is 0 Å². The van der Waals surface area contributed by atoms with Gasteiger partial charge in [-0.1, -0.05) is 12.2 Å². The molecular weight excluding hydrogens is 128 g/mol. The van der Waals surface area contributed by atoms with Gasteiger partial charge in [0.05, 0.1) is 0 Å². The van der Waals surface area contributed by atoms with Gasteiger partial charge in [0.15, 0.2) is 0 Å². The normalized spacial score (nSPS) is 17.2. The summed E-state index contributed by atoms with van der Waals surface area (Å²) in [6, 6.07) is 0. The summed E-state index contributed by atoms with van der Waals surface area (Å²) >= 11 is 0. The van der Waals surface area contributed by atoms with Gasteiger partial charge in [0.25, 0.3) is 0 Å². The van der Waals surface area contributed by atoms with E-state index in [4.69, 9.17) is 5.11 Å². The van der Waals surface area contributed by atoms with E-state index in [1.165, 1.54) is 6.08 Å². The molecule has 0 radical (unpaired) electrons. The van der Waals surface area contributed by atoms with Gasteiger partial charge < -0.3 is 5.11 Å². The minimum absolute atomic E-state index is 0.159. The lowest BCUT2D eigenvalue weighted by molar-refractivity contribution is -0.104. The van der Waals surface area contributed by atoms with E-state index >= 15 is 0 Å². The maximum absolute atomic E-state index is 10.2. The average molecular weight is 136 g/mol. The number of aliphatic hydroxyl groups is 1. The van der Waals surface area contributed by atoms with E-state index in [9.17, 15) is 4.79 Å². The Morgan fingerprint density at radius 2 is 2.40 bits per heavy atom. The number of carbonyl (C=O) groups is 1. The highest BCUT2D eigenvalue weighted by Crippen LogP contribution is 2.06. The van der Waals surface area contributed by atoms with Gasteiger partial charge >= 0.3 is 0 Å². The first-order valence-corrected chi connectivity index (χ1v) is 3.05. The Bertz CT molecular complexity index is 221. The molecule has 0 atom stereocenters. The predicted molar refractivity (Wildman–Crippen MR) is 38.6 cm³/mol. The van der Waals surface area contributed by atoms with E-state index in [0.29, 0.717) is 18.3 Å². The second kappa shape index (κ2) is 3.01. The molecule has 0 unspecified atom stereocenters. The zero-order valence-electron chi connectivity index (χ0n) is 5.45. The third-order valence-corrected chi connectivity index (χ3v) is 1.22. The zero-order chi connectivity index (χ0) is 7.40. The molecule has 0 fully saturated rings. The summed E-state index contributed by atoms with van der Waals surface area (Å²) in [5.74, 6) is 0.159. The van der Waals surface area contributed by atoms with Crippen LogP contribution in [0.4, 0.5) is 0 Å². The van der Waals surface area contributed by atoms with E-state index < -0.39 is 0 Å². The summed E-state index contributed by atoms with van der Waals surface area (Å²) in [6.07, 6.45) is 7.99. The fraction of sp³-hybridized carbons (Fsp3) is 0.125. The van der Waals surface area contributed by atoms with Crippen LogP contribution in [0, 0.1) is 0 Å². The number of hydrogen-bond acceptors (Lipinski definition) is 2. The third kappa shape index (κ3) is 1.58. The summed E-state index contributed by atoms with van der Waals surface area (Å²) in [7, 11) is 0. The number of allylic oxidation sites excluding steroid dienone is 5. The summed E-state index contributed by atoms with van der Waals surface area (Å²) < 4.78 is 0. The second-order valence-electron chi connectivity index (χ2n) is 2.03. The fourth-order valence-corrected chi connectivity index (χ4v) is 0.744. The van der Waals surface area contributed by atoms with Crippen molar-refractivity contribution in [1.82, 2.24) is 0 Å².